The normalized spacial score (nSPS) is 10.3. The topological polar surface area (TPSA) is 76.7 Å². The minimum absolute atomic E-state index is 0.0273. The summed E-state index contributed by atoms with van der Waals surface area (Å²) in [5, 5.41) is 13.7. The Labute approximate surface area is 94.6 Å². The lowest BCUT2D eigenvalue weighted by molar-refractivity contribution is 0.388. The van der Waals surface area contributed by atoms with Gasteiger partial charge in [-0.2, -0.15) is 4.98 Å². The number of nitrogens with one attached hydrogen (secondary N) is 1. The molecule has 0 saturated carbocycles. The molecule has 2 aromatic heterocycles. The van der Waals surface area contributed by atoms with E-state index < -0.39 is 0 Å². The maximum atomic E-state index is 5.73. The minimum atomic E-state index is 0.0273. The second-order valence-electron chi connectivity index (χ2n) is 2.55. The van der Waals surface area contributed by atoms with Crippen molar-refractivity contribution in [2.75, 3.05) is 5.32 Å². The average molecular weight is 246 g/mol. The lowest BCUT2D eigenvalue weighted by Gasteiger charge is -2.03. The Bertz CT molecular complexity index is 447. The number of anilines is 1. The summed E-state index contributed by atoms with van der Waals surface area (Å²) in [6.07, 6.45) is 1.55. The maximum absolute atomic E-state index is 5.73. The van der Waals surface area contributed by atoms with E-state index >= 15 is 0 Å². The zero-order valence-corrected chi connectivity index (χ0v) is 8.83. The summed E-state index contributed by atoms with van der Waals surface area (Å²) in [5.74, 6) is 1.01. The van der Waals surface area contributed by atoms with Gasteiger partial charge in [0.2, 0.25) is 5.28 Å². The van der Waals surface area contributed by atoms with Crippen LogP contribution in [0.25, 0.3) is 0 Å². The summed E-state index contributed by atoms with van der Waals surface area (Å²) in [5.41, 5.74) is 0. The van der Waals surface area contributed by atoms with Gasteiger partial charge in [-0.1, -0.05) is 16.8 Å². The van der Waals surface area contributed by atoms with E-state index in [9.17, 15) is 0 Å². The van der Waals surface area contributed by atoms with Crippen molar-refractivity contribution in [3.63, 3.8) is 0 Å². The summed E-state index contributed by atoms with van der Waals surface area (Å²) in [6, 6.07) is 1.72. The summed E-state index contributed by atoms with van der Waals surface area (Å²) in [4.78, 5) is 3.86. The molecule has 8 heteroatoms. The number of nitrogens with zero attached hydrogens (tertiary/aromatic N) is 4. The molecule has 0 aliphatic heterocycles. The highest BCUT2D eigenvalue weighted by molar-refractivity contribution is 6.32. The monoisotopic (exact) mass is 245 g/mol. The molecule has 0 unspecified atom stereocenters. The predicted molar refractivity (Wildman–Crippen MR) is 53.7 cm³/mol. The highest BCUT2D eigenvalue weighted by Gasteiger charge is 2.06. The van der Waals surface area contributed by atoms with Gasteiger partial charge >= 0.3 is 0 Å². The van der Waals surface area contributed by atoms with Crippen LogP contribution in [-0.4, -0.2) is 20.3 Å². The molecular formula is C7H5Cl2N5O. The van der Waals surface area contributed by atoms with Gasteiger partial charge in [-0.05, 0) is 11.6 Å². The van der Waals surface area contributed by atoms with Gasteiger partial charge in [0.05, 0.1) is 12.7 Å². The Hall–Kier alpha value is -1.40. The summed E-state index contributed by atoms with van der Waals surface area (Å²) >= 11 is 11.3. The lowest BCUT2D eigenvalue weighted by atomic mass is 10.4. The molecule has 0 aliphatic rings. The Morgan fingerprint density at radius 2 is 2.20 bits per heavy atom. The van der Waals surface area contributed by atoms with Crippen LogP contribution in [0.15, 0.2) is 16.8 Å². The van der Waals surface area contributed by atoms with Gasteiger partial charge in [-0.3, -0.25) is 0 Å². The van der Waals surface area contributed by atoms with Crippen LogP contribution in [0.2, 0.25) is 10.4 Å². The van der Waals surface area contributed by atoms with Crippen molar-refractivity contribution in [2.45, 2.75) is 6.54 Å². The molecule has 0 atom stereocenters. The number of aromatic nitrogens is 4. The Balaban J connectivity index is 2.07. The smallest absolute Gasteiger partial charge is 0.245 e. The molecule has 0 fully saturated rings. The van der Waals surface area contributed by atoms with Crippen LogP contribution in [0.3, 0.4) is 0 Å². The number of halogens is 2. The molecule has 15 heavy (non-hydrogen) atoms. The van der Waals surface area contributed by atoms with Crippen molar-refractivity contribution in [2.24, 2.45) is 0 Å². The molecule has 0 spiro atoms. The molecule has 2 aromatic rings. The van der Waals surface area contributed by atoms with E-state index in [2.05, 4.69) is 25.7 Å². The first-order valence-corrected chi connectivity index (χ1v) is 4.70. The predicted octanol–water partition coefficient (Wildman–Crippen LogP) is 1.78. The molecule has 0 amide bonds. The van der Waals surface area contributed by atoms with Crippen molar-refractivity contribution in [1.82, 2.24) is 20.3 Å². The van der Waals surface area contributed by atoms with E-state index in [1.807, 2.05) is 0 Å². The maximum Gasteiger partial charge on any atom is 0.245 e. The Kier molecular flexibility index (Phi) is 2.98. The second-order valence-corrected chi connectivity index (χ2v) is 3.25. The first kappa shape index (κ1) is 10.1. The van der Waals surface area contributed by atoms with E-state index in [1.54, 1.807) is 12.3 Å². The first-order valence-electron chi connectivity index (χ1n) is 3.95. The van der Waals surface area contributed by atoms with E-state index in [-0.39, 0.29) is 10.4 Å². The van der Waals surface area contributed by atoms with Crippen LogP contribution in [0.5, 0.6) is 0 Å². The summed E-state index contributed by atoms with van der Waals surface area (Å²) in [6.45, 7) is 0.398. The minimum Gasteiger partial charge on any atom is -0.360 e. The Morgan fingerprint density at radius 3 is 2.93 bits per heavy atom. The third-order valence-electron chi connectivity index (χ3n) is 1.54. The van der Waals surface area contributed by atoms with Crippen molar-refractivity contribution in [1.29, 1.82) is 0 Å². The van der Waals surface area contributed by atoms with Gasteiger partial charge in [0, 0.05) is 6.07 Å². The largest absolute Gasteiger partial charge is 0.360 e. The van der Waals surface area contributed by atoms with Crippen LogP contribution in [-0.2, 0) is 6.54 Å². The van der Waals surface area contributed by atoms with Crippen molar-refractivity contribution in [3.8, 4) is 0 Å². The molecule has 0 aromatic carbocycles. The molecule has 0 aliphatic carbocycles. The molecule has 1 N–H and O–H groups in total. The standard InChI is InChI=1S/C7H5Cl2N5O/c8-5-6(12-7(9)14-13-5)10-3-4-1-2-11-15-4/h1-2H,3H2,(H,10,12,14). The fourth-order valence-corrected chi connectivity index (χ4v) is 1.18. The Morgan fingerprint density at radius 1 is 1.33 bits per heavy atom. The van der Waals surface area contributed by atoms with Gasteiger partial charge in [0.25, 0.3) is 0 Å². The quantitative estimate of drug-likeness (QED) is 0.889. The average Bonchev–Trinajstić information content (AvgIpc) is 2.72. The highest BCUT2D eigenvalue weighted by Crippen LogP contribution is 2.17. The molecule has 0 bridgehead atoms. The third kappa shape index (κ3) is 2.54. The van der Waals surface area contributed by atoms with Crippen LogP contribution in [0.4, 0.5) is 5.82 Å². The van der Waals surface area contributed by atoms with Gasteiger partial charge in [0.1, 0.15) is 0 Å². The van der Waals surface area contributed by atoms with Crippen LogP contribution < -0.4 is 5.32 Å². The molecule has 2 rings (SSSR count). The zero-order chi connectivity index (χ0) is 10.7. The molecule has 6 nitrogen and oxygen atoms in total. The molecule has 0 radical (unpaired) electrons. The molecule has 2 heterocycles. The summed E-state index contributed by atoms with van der Waals surface area (Å²) in [7, 11) is 0. The lowest BCUT2D eigenvalue weighted by Crippen LogP contribution is -2.03. The molecule has 0 saturated heterocycles. The van der Waals surface area contributed by atoms with Gasteiger partial charge in [-0.25, -0.2) is 0 Å². The fourth-order valence-electron chi connectivity index (χ4n) is 0.910. The number of rotatable bonds is 3. The van der Waals surface area contributed by atoms with E-state index in [1.165, 1.54) is 0 Å². The van der Waals surface area contributed by atoms with Crippen LogP contribution >= 0.6 is 23.2 Å². The third-order valence-corrected chi connectivity index (χ3v) is 1.96. The van der Waals surface area contributed by atoms with Crippen molar-refractivity contribution >= 4 is 29.0 Å². The number of hydrogen-bond donors (Lipinski definition) is 1. The van der Waals surface area contributed by atoms with E-state index in [4.69, 9.17) is 27.7 Å². The van der Waals surface area contributed by atoms with Crippen molar-refractivity contribution in [3.05, 3.63) is 28.5 Å². The summed E-state index contributed by atoms with van der Waals surface area (Å²) < 4.78 is 4.87. The second kappa shape index (κ2) is 4.41. The zero-order valence-electron chi connectivity index (χ0n) is 7.31. The molecular weight excluding hydrogens is 241 g/mol. The van der Waals surface area contributed by atoms with E-state index in [0.717, 1.165) is 0 Å². The van der Waals surface area contributed by atoms with Gasteiger partial charge in [0.15, 0.2) is 16.7 Å². The van der Waals surface area contributed by atoms with Crippen LogP contribution in [0, 0.1) is 0 Å². The van der Waals surface area contributed by atoms with E-state index in [0.29, 0.717) is 18.1 Å². The first-order chi connectivity index (χ1) is 7.25. The molecule has 78 valence electrons. The van der Waals surface area contributed by atoms with Crippen molar-refractivity contribution < 1.29 is 4.52 Å². The SMILES string of the molecule is Clc1nnc(Cl)c(NCc2ccno2)n1. The van der Waals surface area contributed by atoms with Crippen LogP contribution in [0.1, 0.15) is 5.76 Å². The van der Waals surface area contributed by atoms with Gasteiger partial charge < -0.3 is 9.84 Å². The highest BCUT2D eigenvalue weighted by atomic mass is 35.5. The number of hydrogen-bond acceptors (Lipinski definition) is 6. The van der Waals surface area contributed by atoms with Gasteiger partial charge in [-0.15, -0.1) is 10.2 Å². The fraction of sp³-hybridized carbons (Fsp3) is 0.143.